The summed E-state index contributed by atoms with van der Waals surface area (Å²) in [6.07, 6.45) is 1.93. The predicted molar refractivity (Wildman–Crippen MR) is 106 cm³/mol. The normalized spacial score (nSPS) is 13.6. The second kappa shape index (κ2) is 7.72. The topological polar surface area (TPSA) is 94.9 Å². The molecule has 2 aromatic heterocycles. The number of nitrogens with two attached hydrogens (primary N) is 1. The number of nitrogens with zero attached hydrogens (tertiary/aromatic N) is 3. The molecule has 3 N–H and O–H groups in total. The van der Waals surface area contributed by atoms with E-state index in [9.17, 15) is 18.4 Å². The van der Waals surface area contributed by atoms with Gasteiger partial charge in [-0.3, -0.25) is 9.36 Å². The minimum atomic E-state index is -0.465. The van der Waals surface area contributed by atoms with Gasteiger partial charge in [0.05, 0.1) is 31.5 Å². The van der Waals surface area contributed by atoms with Crippen LogP contribution >= 0.6 is 11.3 Å². The van der Waals surface area contributed by atoms with E-state index in [0.717, 1.165) is 14.4 Å². The molecule has 0 atom stereocenters. The van der Waals surface area contributed by atoms with Gasteiger partial charge in [0.2, 0.25) is 5.91 Å². The molecule has 3 aromatic rings. The predicted octanol–water partition coefficient (Wildman–Crippen LogP) is 2.27. The van der Waals surface area contributed by atoms with Crippen molar-refractivity contribution >= 4 is 22.9 Å². The van der Waals surface area contributed by atoms with Gasteiger partial charge in [-0.15, -0.1) is 11.3 Å². The van der Waals surface area contributed by atoms with Gasteiger partial charge in [-0.05, 0) is 41.0 Å². The SMILES string of the molecule is NC/C(=C\F)Cn1ncn(Cc2ccc(-c3cc(F)c4c(c3)CC(=O)N4)s2)c1=O. The summed E-state index contributed by atoms with van der Waals surface area (Å²) in [6, 6.07) is 6.89. The number of halogens is 2. The molecule has 1 aliphatic heterocycles. The number of aromatic nitrogens is 3. The van der Waals surface area contributed by atoms with E-state index < -0.39 is 5.82 Å². The maximum Gasteiger partial charge on any atom is 0.346 e. The van der Waals surface area contributed by atoms with Crippen LogP contribution in [0.3, 0.4) is 0 Å². The van der Waals surface area contributed by atoms with Crippen LogP contribution in [0.5, 0.6) is 0 Å². The number of hydrogen-bond acceptors (Lipinski definition) is 5. The van der Waals surface area contributed by atoms with Gasteiger partial charge < -0.3 is 11.1 Å². The first kappa shape index (κ1) is 19.2. The van der Waals surface area contributed by atoms with Crippen molar-refractivity contribution in [2.45, 2.75) is 19.5 Å². The summed E-state index contributed by atoms with van der Waals surface area (Å²) in [5.74, 6) is -0.688. The summed E-state index contributed by atoms with van der Waals surface area (Å²) >= 11 is 1.42. The third-order valence-electron chi connectivity index (χ3n) is 4.63. The molecule has 1 amide bonds. The molecular formula is C19H17F2N5O2S. The third-order valence-corrected chi connectivity index (χ3v) is 5.75. The number of amides is 1. The van der Waals surface area contributed by atoms with Crippen molar-refractivity contribution in [1.29, 1.82) is 0 Å². The molecule has 0 unspecified atom stereocenters. The average Bonchev–Trinajstić information content (AvgIpc) is 3.40. The Bertz CT molecular complexity index is 1180. The number of thiophene rings is 1. The van der Waals surface area contributed by atoms with Crippen LogP contribution in [0.25, 0.3) is 10.4 Å². The lowest BCUT2D eigenvalue weighted by molar-refractivity contribution is -0.115. The van der Waals surface area contributed by atoms with Crippen molar-refractivity contribution in [3.63, 3.8) is 0 Å². The van der Waals surface area contributed by atoms with Crippen LogP contribution < -0.4 is 16.7 Å². The number of nitrogens with one attached hydrogen (secondary N) is 1. The third kappa shape index (κ3) is 3.76. The van der Waals surface area contributed by atoms with E-state index in [1.807, 2.05) is 12.1 Å². The molecule has 0 saturated heterocycles. The molecule has 0 fully saturated rings. The van der Waals surface area contributed by atoms with Gasteiger partial charge >= 0.3 is 5.69 Å². The largest absolute Gasteiger partial charge is 0.346 e. The Morgan fingerprint density at radius 1 is 1.34 bits per heavy atom. The van der Waals surface area contributed by atoms with E-state index in [4.69, 9.17) is 5.73 Å². The Balaban J connectivity index is 1.55. The number of rotatable bonds is 6. The smallest absolute Gasteiger partial charge is 0.327 e. The van der Waals surface area contributed by atoms with Crippen LogP contribution in [-0.4, -0.2) is 26.8 Å². The number of anilines is 1. The quantitative estimate of drug-likeness (QED) is 0.643. The molecule has 7 nitrogen and oxygen atoms in total. The van der Waals surface area contributed by atoms with E-state index in [1.54, 1.807) is 6.07 Å². The van der Waals surface area contributed by atoms with Gasteiger partial charge in [0, 0.05) is 16.3 Å². The molecule has 4 rings (SSSR count). The lowest BCUT2D eigenvalue weighted by atomic mass is 10.1. The van der Waals surface area contributed by atoms with E-state index in [-0.39, 0.29) is 48.9 Å². The van der Waals surface area contributed by atoms with Crippen molar-refractivity contribution in [3.05, 3.63) is 69.2 Å². The first-order valence-corrected chi connectivity index (χ1v) is 9.62. The van der Waals surface area contributed by atoms with Gasteiger partial charge in [-0.25, -0.2) is 18.3 Å². The molecule has 0 spiro atoms. The Kier molecular flexibility index (Phi) is 5.12. The maximum absolute atomic E-state index is 14.3. The Morgan fingerprint density at radius 3 is 2.93 bits per heavy atom. The maximum atomic E-state index is 14.3. The number of carbonyl (C=O) groups is 1. The van der Waals surface area contributed by atoms with Crippen LogP contribution in [0.1, 0.15) is 10.4 Å². The first-order valence-electron chi connectivity index (χ1n) is 8.80. The van der Waals surface area contributed by atoms with Crippen molar-refractivity contribution in [2.75, 3.05) is 11.9 Å². The highest BCUT2D eigenvalue weighted by molar-refractivity contribution is 7.15. The molecule has 10 heteroatoms. The minimum Gasteiger partial charge on any atom is -0.327 e. The molecule has 0 aliphatic carbocycles. The van der Waals surface area contributed by atoms with Crippen molar-refractivity contribution in [2.24, 2.45) is 5.73 Å². The van der Waals surface area contributed by atoms with E-state index in [1.165, 1.54) is 28.3 Å². The van der Waals surface area contributed by atoms with Crippen LogP contribution in [0.2, 0.25) is 0 Å². The highest BCUT2D eigenvalue weighted by Gasteiger charge is 2.22. The lowest BCUT2D eigenvalue weighted by Gasteiger charge is -2.04. The van der Waals surface area contributed by atoms with E-state index >= 15 is 0 Å². The number of carbonyl (C=O) groups excluding carboxylic acids is 1. The number of hydrogen-bond donors (Lipinski definition) is 2. The zero-order chi connectivity index (χ0) is 20.5. The van der Waals surface area contributed by atoms with Gasteiger partial charge in [0.25, 0.3) is 0 Å². The van der Waals surface area contributed by atoms with E-state index in [2.05, 4.69) is 10.4 Å². The molecule has 1 aromatic carbocycles. The van der Waals surface area contributed by atoms with Crippen molar-refractivity contribution in [1.82, 2.24) is 14.3 Å². The summed E-state index contributed by atoms with van der Waals surface area (Å²) in [6.45, 7) is 0.284. The molecule has 0 radical (unpaired) electrons. The van der Waals surface area contributed by atoms with Gasteiger partial charge in [0.1, 0.15) is 12.1 Å². The monoisotopic (exact) mass is 417 g/mol. The fourth-order valence-electron chi connectivity index (χ4n) is 3.15. The van der Waals surface area contributed by atoms with Crippen molar-refractivity contribution < 1.29 is 13.6 Å². The molecule has 0 saturated carbocycles. The summed E-state index contributed by atoms with van der Waals surface area (Å²) in [5, 5.41) is 6.51. The molecule has 29 heavy (non-hydrogen) atoms. The molecule has 0 bridgehead atoms. The Labute approximate surface area is 168 Å². The summed E-state index contributed by atoms with van der Waals surface area (Å²) < 4.78 is 29.5. The Morgan fingerprint density at radius 2 is 2.17 bits per heavy atom. The van der Waals surface area contributed by atoms with Crippen LogP contribution in [0.4, 0.5) is 14.5 Å². The molecule has 3 heterocycles. The molecular weight excluding hydrogens is 400 g/mol. The average molecular weight is 417 g/mol. The summed E-state index contributed by atoms with van der Waals surface area (Å²) in [7, 11) is 0. The fraction of sp³-hybridized carbons (Fsp3) is 0.211. The molecule has 1 aliphatic rings. The zero-order valence-electron chi connectivity index (χ0n) is 15.2. The van der Waals surface area contributed by atoms with E-state index in [0.29, 0.717) is 17.5 Å². The summed E-state index contributed by atoms with van der Waals surface area (Å²) in [4.78, 5) is 25.6. The lowest BCUT2D eigenvalue weighted by Crippen LogP contribution is -2.26. The molecule has 150 valence electrons. The second-order valence-corrected chi connectivity index (χ2v) is 7.82. The summed E-state index contributed by atoms with van der Waals surface area (Å²) in [5.41, 5.74) is 6.86. The highest BCUT2D eigenvalue weighted by Crippen LogP contribution is 2.35. The van der Waals surface area contributed by atoms with Crippen LogP contribution in [-0.2, 0) is 24.3 Å². The number of benzene rings is 1. The van der Waals surface area contributed by atoms with Gasteiger partial charge in [-0.1, -0.05) is 0 Å². The van der Waals surface area contributed by atoms with Crippen molar-refractivity contribution in [3.8, 4) is 10.4 Å². The second-order valence-electron chi connectivity index (χ2n) is 6.65. The van der Waals surface area contributed by atoms with Crippen LogP contribution in [0, 0.1) is 5.82 Å². The fourth-order valence-corrected chi connectivity index (χ4v) is 4.15. The Hall–Kier alpha value is -3.11. The first-order chi connectivity index (χ1) is 14.0. The number of fused-ring (bicyclic) bond motifs is 1. The van der Waals surface area contributed by atoms with Gasteiger partial charge in [0.15, 0.2) is 0 Å². The van der Waals surface area contributed by atoms with Gasteiger partial charge in [-0.2, -0.15) is 5.10 Å². The zero-order valence-corrected chi connectivity index (χ0v) is 16.0. The standard InChI is InChI=1S/C19H17F2N5O2S/c20-6-11(7-22)8-26-19(28)25(10-23-26)9-14-1-2-16(29-14)12-3-13-5-17(27)24-18(13)15(21)4-12/h1-4,6,10H,5,7-9,22H2,(H,24,27)/b11-6+. The minimum absolute atomic E-state index is 0.00252. The highest BCUT2D eigenvalue weighted by atomic mass is 32.1. The van der Waals surface area contributed by atoms with Crippen LogP contribution in [0.15, 0.2) is 47.3 Å².